The minimum atomic E-state index is -0.851. The first-order valence-electron chi connectivity index (χ1n) is 14.1. The molecule has 0 saturated carbocycles. The summed E-state index contributed by atoms with van der Waals surface area (Å²) in [5.74, 6) is 0.602. The number of ether oxygens (including phenoxy) is 1. The van der Waals surface area contributed by atoms with E-state index < -0.39 is 29.3 Å². The van der Waals surface area contributed by atoms with Crippen LogP contribution in [0.1, 0.15) is 104 Å². The molecule has 0 radical (unpaired) electrons. The smallest absolute Gasteiger partial charge is 0.408 e. The molecule has 1 aromatic carbocycles. The Bertz CT molecular complexity index is 966. The van der Waals surface area contributed by atoms with Gasteiger partial charge in [-0.2, -0.15) is 11.8 Å². The number of benzene rings is 1. The van der Waals surface area contributed by atoms with Gasteiger partial charge >= 0.3 is 6.09 Å². The number of carbonyl (C=O) groups is 3. The minimum Gasteiger partial charge on any atom is -0.444 e. The molecular formula is C31H53N3O4S. The summed E-state index contributed by atoms with van der Waals surface area (Å²) in [6.07, 6.45) is 3.38. The zero-order valence-corrected chi connectivity index (χ0v) is 27.2. The molecule has 3 amide bonds. The summed E-state index contributed by atoms with van der Waals surface area (Å²) >= 11 is 1.60. The zero-order chi connectivity index (χ0) is 30.1. The number of amides is 3. The molecule has 8 heteroatoms. The van der Waals surface area contributed by atoms with Crippen molar-refractivity contribution in [1.82, 2.24) is 15.5 Å². The van der Waals surface area contributed by atoms with Crippen LogP contribution in [-0.4, -0.2) is 58.0 Å². The minimum absolute atomic E-state index is 0.234. The number of rotatable bonds is 12. The summed E-state index contributed by atoms with van der Waals surface area (Å²) in [5.41, 5.74) is 1.55. The second-order valence-electron chi connectivity index (χ2n) is 13.0. The van der Waals surface area contributed by atoms with Gasteiger partial charge in [0.15, 0.2) is 0 Å². The lowest BCUT2D eigenvalue weighted by Crippen LogP contribution is -2.57. The van der Waals surface area contributed by atoms with Crippen molar-refractivity contribution in [3.63, 3.8) is 0 Å². The predicted octanol–water partition coefficient (Wildman–Crippen LogP) is 6.56. The standard InChI is InChI=1S/C31H53N3O4S/c1-20(2)13-16-23(5)34(28(36)25(17-18-39-12)32-29(37)38-31(9,10)11)26(27(35)33-30(6,7)8)24-19-21(3)14-15-22(24)4/h14-15,19-20,23,25-26H,13,16-18H2,1-12H3,(H,32,37)(H,33,35). The van der Waals surface area contributed by atoms with Gasteiger partial charge in [0.05, 0.1) is 0 Å². The maximum atomic E-state index is 14.5. The normalized spacial score (nSPS) is 14.4. The van der Waals surface area contributed by atoms with E-state index in [1.54, 1.807) is 37.4 Å². The van der Waals surface area contributed by atoms with Crippen molar-refractivity contribution in [2.24, 2.45) is 5.92 Å². The van der Waals surface area contributed by atoms with E-state index in [9.17, 15) is 14.4 Å². The Kier molecular flexibility index (Phi) is 13.4. The third kappa shape index (κ3) is 12.2. The Labute approximate surface area is 241 Å². The van der Waals surface area contributed by atoms with Crippen molar-refractivity contribution < 1.29 is 19.1 Å². The van der Waals surface area contributed by atoms with Gasteiger partial charge in [-0.3, -0.25) is 9.59 Å². The molecule has 0 spiro atoms. The highest BCUT2D eigenvalue weighted by molar-refractivity contribution is 7.98. The van der Waals surface area contributed by atoms with Crippen LogP contribution in [0.25, 0.3) is 0 Å². The molecule has 1 rings (SSSR count). The van der Waals surface area contributed by atoms with Gasteiger partial charge in [-0.1, -0.05) is 37.6 Å². The van der Waals surface area contributed by atoms with Crippen molar-refractivity contribution in [1.29, 1.82) is 0 Å². The van der Waals surface area contributed by atoms with E-state index in [4.69, 9.17) is 4.74 Å². The first kappa shape index (κ1) is 34.8. The van der Waals surface area contributed by atoms with E-state index in [2.05, 4.69) is 24.5 Å². The summed E-state index contributed by atoms with van der Waals surface area (Å²) < 4.78 is 5.50. The van der Waals surface area contributed by atoms with Gasteiger partial charge < -0.3 is 20.3 Å². The number of alkyl carbamates (subject to hydrolysis) is 1. The lowest BCUT2D eigenvalue weighted by molar-refractivity contribution is -0.145. The molecule has 1 aromatic rings. The molecule has 0 aliphatic rings. The van der Waals surface area contributed by atoms with E-state index in [0.717, 1.165) is 29.5 Å². The first-order valence-corrected chi connectivity index (χ1v) is 15.5. The fraction of sp³-hybridized carbons (Fsp3) is 0.710. The van der Waals surface area contributed by atoms with Gasteiger partial charge in [-0.15, -0.1) is 0 Å². The molecule has 0 heterocycles. The van der Waals surface area contributed by atoms with E-state index in [1.807, 2.05) is 66.0 Å². The van der Waals surface area contributed by atoms with Crippen LogP contribution < -0.4 is 10.6 Å². The van der Waals surface area contributed by atoms with Crippen LogP contribution in [0.15, 0.2) is 18.2 Å². The summed E-state index contributed by atoms with van der Waals surface area (Å²) in [6, 6.07) is 4.08. The van der Waals surface area contributed by atoms with E-state index in [1.165, 1.54) is 0 Å². The number of carbonyl (C=O) groups excluding carboxylic acids is 3. The molecule has 222 valence electrons. The Hall–Kier alpha value is -2.22. The zero-order valence-electron chi connectivity index (χ0n) is 26.4. The van der Waals surface area contributed by atoms with Crippen molar-refractivity contribution in [3.8, 4) is 0 Å². The molecule has 39 heavy (non-hydrogen) atoms. The second kappa shape index (κ2) is 15.0. The van der Waals surface area contributed by atoms with Gasteiger partial charge in [-0.25, -0.2) is 4.79 Å². The van der Waals surface area contributed by atoms with Crippen LogP contribution in [0.4, 0.5) is 4.79 Å². The monoisotopic (exact) mass is 563 g/mol. The Morgan fingerprint density at radius 2 is 1.59 bits per heavy atom. The highest BCUT2D eigenvalue weighted by Crippen LogP contribution is 2.31. The van der Waals surface area contributed by atoms with Crippen molar-refractivity contribution in [2.75, 3.05) is 12.0 Å². The predicted molar refractivity (Wildman–Crippen MR) is 163 cm³/mol. The van der Waals surface area contributed by atoms with E-state index in [-0.39, 0.29) is 17.9 Å². The average Bonchev–Trinajstić information content (AvgIpc) is 2.77. The molecule has 0 fully saturated rings. The van der Waals surface area contributed by atoms with Crippen LogP contribution in [0, 0.1) is 19.8 Å². The van der Waals surface area contributed by atoms with E-state index in [0.29, 0.717) is 18.1 Å². The lowest BCUT2D eigenvalue weighted by atomic mass is 9.92. The third-order valence-corrected chi connectivity index (χ3v) is 6.89. The quantitative estimate of drug-likeness (QED) is 0.301. The SMILES string of the molecule is CSCCC(NC(=O)OC(C)(C)C)C(=O)N(C(C)CCC(C)C)C(C(=O)NC(C)(C)C)c1cc(C)ccc1C. The number of hydrogen-bond donors (Lipinski definition) is 2. The summed E-state index contributed by atoms with van der Waals surface area (Å²) in [7, 11) is 0. The van der Waals surface area contributed by atoms with Crippen LogP contribution in [0.5, 0.6) is 0 Å². The fourth-order valence-corrected chi connectivity index (χ4v) is 4.82. The molecule has 2 N–H and O–H groups in total. The molecular weight excluding hydrogens is 510 g/mol. The highest BCUT2D eigenvalue weighted by atomic mass is 32.2. The van der Waals surface area contributed by atoms with Crippen LogP contribution in [-0.2, 0) is 14.3 Å². The van der Waals surface area contributed by atoms with Gasteiger partial charge in [0.2, 0.25) is 11.8 Å². The topological polar surface area (TPSA) is 87.7 Å². The summed E-state index contributed by atoms with van der Waals surface area (Å²) in [6.45, 7) is 21.4. The van der Waals surface area contributed by atoms with Gasteiger partial charge in [0.25, 0.3) is 0 Å². The van der Waals surface area contributed by atoms with Crippen molar-refractivity contribution in [2.45, 2.75) is 125 Å². The molecule has 0 aliphatic carbocycles. The Morgan fingerprint density at radius 3 is 2.10 bits per heavy atom. The number of nitrogens with one attached hydrogen (secondary N) is 2. The average molecular weight is 564 g/mol. The highest BCUT2D eigenvalue weighted by Gasteiger charge is 2.40. The first-order chi connectivity index (χ1) is 17.9. The number of hydrogen-bond acceptors (Lipinski definition) is 5. The Balaban J connectivity index is 3.72. The Morgan fingerprint density at radius 1 is 0.974 bits per heavy atom. The summed E-state index contributed by atoms with van der Waals surface area (Å²) in [5, 5.41) is 5.95. The largest absolute Gasteiger partial charge is 0.444 e. The van der Waals surface area contributed by atoms with Crippen LogP contribution in [0.2, 0.25) is 0 Å². The van der Waals surface area contributed by atoms with Gasteiger partial charge in [0, 0.05) is 11.6 Å². The molecule has 0 bridgehead atoms. The second-order valence-corrected chi connectivity index (χ2v) is 14.0. The molecule has 0 aliphatic heterocycles. The molecule has 0 saturated heterocycles. The molecule has 3 unspecified atom stereocenters. The number of aryl methyl sites for hydroxylation is 2. The van der Waals surface area contributed by atoms with Gasteiger partial charge in [-0.05, 0) is 111 Å². The third-order valence-electron chi connectivity index (χ3n) is 6.24. The van der Waals surface area contributed by atoms with Crippen LogP contribution >= 0.6 is 11.8 Å². The van der Waals surface area contributed by atoms with Crippen molar-refractivity contribution >= 4 is 29.7 Å². The number of thioether (sulfide) groups is 1. The fourth-order valence-electron chi connectivity index (χ4n) is 4.35. The molecule has 0 aromatic heterocycles. The van der Waals surface area contributed by atoms with Crippen molar-refractivity contribution in [3.05, 3.63) is 34.9 Å². The number of nitrogens with zero attached hydrogens (tertiary/aromatic N) is 1. The lowest BCUT2D eigenvalue weighted by Gasteiger charge is -2.40. The maximum absolute atomic E-state index is 14.5. The molecule has 7 nitrogen and oxygen atoms in total. The molecule has 3 atom stereocenters. The summed E-state index contributed by atoms with van der Waals surface area (Å²) in [4.78, 5) is 43.1. The van der Waals surface area contributed by atoms with E-state index >= 15 is 0 Å². The maximum Gasteiger partial charge on any atom is 0.408 e. The van der Waals surface area contributed by atoms with Gasteiger partial charge in [0.1, 0.15) is 17.7 Å². The van der Waals surface area contributed by atoms with Crippen LogP contribution in [0.3, 0.4) is 0 Å².